The molecule has 0 radical (unpaired) electrons. The lowest BCUT2D eigenvalue weighted by Crippen LogP contribution is -2.43. The van der Waals surface area contributed by atoms with Crippen LogP contribution in [0.25, 0.3) is 0 Å². The number of rotatable bonds is 9. The minimum Gasteiger partial charge on any atom is -0.489 e. The van der Waals surface area contributed by atoms with E-state index in [0.717, 1.165) is 30.1 Å². The molecular formula is C21H30BrN3O2. The topological polar surface area (TPSA) is 58.8 Å². The number of benzene rings is 2. The zero-order valence-corrected chi connectivity index (χ0v) is 18.0. The van der Waals surface area contributed by atoms with Crippen molar-refractivity contribution in [3.8, 4) is 5.75 Å². The molecule has 0 aromatic heterocycles. The molecule has 2 amide bonds. The molecule has 0 fully saturated rings. The minimum atomic E-state index is -0.442. The highest BCUT2D eigenvalue weighted by Crippen LogP contribution is 2.20. The Kier molecular flexibility index (Phi) is 9.89. The number of anilines is 1. The molecule has 0 unspecified atom stereocenters. The molecule has 2 rings (SSSR count). The Morgan fingerprint density at radius 1 is 1.04 bits per heavy atom. The Balaban J connectivity index is 0.00000364. The van der Waals surface area contributed by atoms with E-state index in [-0.39, 0.29) is 17.0 Å². The number of urea groups is 1. The smallest absolute Gasteiger partial charge is 0.319 e. The number of nitrogens with two attached hydrogens (primary N) is 1. The van der Waals surface area contributed by atoms with E-state index in [1.807, 2.05) is 54.6 Å². The summed E-state index contributed by atoms with van der Waals surface area (Å²) in [6.45, 7) is 9.21. The van der Waals surface area contributed by atoms with Gasteiger partial charge in [0.25, 0.3) is 0 Å². The van der Waals surface area contributed by atoms with Gasteiger partial charge < -0.3 is 10.5 Å². The van der Waals surface area contributed by atoms with Crippen LogP contribution in [0.15, 0.2) is 54.6 Å². The van der Waals surface area contributed by atoms with Gasteiger partial charge in [-0.3, -0.25) is 9.80 Å². The first kappa shape index (κ1) is 23.0. The van der Waals surface area contributed by atoms with Crippen LogP contribution in [0.5, 0.6) is 5.75 Å². The summed E-state index contributed by atoms with van der Waals surface area (Å²) >= 11 is 0. The zero-order chi connectivity index (χ0) is 18.9. The van der Waals surface area contributed by atoms with Gasteiger partial charge in [0, 0.05) is 24.8 Å². The first-order valence-corrected chi connectivity index (χ1v) is 9.09. The second-order valence-corrected chi connectivity index (χ2v) is 6.48. The Morgan fingerprint density at radius 2 is 1.67 bits per heavy atom. The van der Waals surface area contributed by atoms with Crippen molar-refractivity contribution in [3.05, 3.63) is 60.2 Å². The van der Waals surface area contributed by atoms with Gasteiger partial charge in [0.1, 0.15) is 12.4 Å². The van der Waals surface area contributed by atoms with E-state index in [2.05, 4.69) is 25.7 Å². The summed E-state index contributed by atoms with van der Waals surface area (Å²) in [6, 6.07) is 17.5. The Labute approximate surface area is 172 Å². The standard InChI is InChI=1S/C21H29N3O2.BrH/c1-4-23(17(2)3)14-15-24(21(22)25)19-10-12-20(13-11-19)26-16-18-8-6-5-7-9-18;/h5-13,17H,4,14-16H2,1-3H3,(H2,22,25);1H. The van der Waals surface area contributed by atoms with Crippen LogP contribution >= 0.6 is 17.0 Å². The van der Waals surface area contributed by atoms with Crippen molar-refractivity contribution >= 4 is 28.7 Å². The first-order valence-electron chi connectivity index (χ1n) is 9.09. The van der Waals surface area contributed by atoms with Crippen molar-refractivity contribution in [1.29, 1.82) is 0 Å². The quantitative estimate of drug-likeness (QED) is 0.632. The number of carbonyl (C=O) groups excluding carboxylic acids is 1. The molecule has 0 aliphatic heterocycles. The van der Waals surface area contributed by atoms with Crippen molar-refractivity contribution in [2.45, 2.75) is 33.4 Å². The van der Waals surface area contributed by atoms with E-state index in [1.165, 1.54) is 0 Å². The Bertz CT molecular complexity index is 678. The molecule has 5 nitrogen and oxygen atoms in total. The zero-order valence-electron chi connectivity index (χ0n) is 16.3. The number of hydrogen-bond acceptors (Lipinski definition) is 3. The molecule has 2 aromatic rings. The molecule has 0 saturated heterocycles. The molecule has 2 aromatic carbocycles. The van der Waals surface area contributed by atoms with Crippen LogP contribution in [-0.2, 0) is 6.61 Å². The SMILES string of the molecule is Br.CCN(CCN(C(N)=O)c1ccc(OCc2ccccc2)cc1)C(C)C. The van der Waals surface area contributed by atoms with E-state index in [0.29, 0.717) is 19.2 Å². The molecule has 27 heavy (non-hydrogen) atoms. The Morgan fingerprint density at radius 3 is 2.19 bits per heavy atom. The minimum absolute atomic E-state index is 0. The van der Waals surface area contributed by atoms with Crippen LogP contribution in [0.2, 0.25) is 0 Å². The maximum atomic E-state index is 11.9. The van der Waals surface area contributed by atoms with Crippen molar-refractivity contribution in [2.24, 2.45) is 5.73 Å². The summed E-state index contributed by atoms with van der Waals surface area (Å²) in [5.74, 6) is 0.763. The number of hydrogen-bond donors (Lipinski definition) is 1. The van der Waals surface area contributed by atoms with Crippen molar-refractivity contribution in [1.82, 2.24) is 4.90 Å². The second-order valence-electron chi connectivity index (χ2n) is 6.48. The van der Waals surface area contributed by atoms with Crippen molar-refractivity contribution < 1.29 is 9.53 Å². The molecule has 2 N–H and O–H groups in total. The van der Waals surface area contributed by atoms with Gasteiger partial charge in [-0.2, -0.15) is 0 Å². The first-order chi connectivity index (χ1) is 12.5. The summed E-state index contributed by atoms with van der Waals surface area (Å²) in [5, 5.41) is 0. The number of carbonyl (C=O) groups is 1. The van der Waals surface area contributed by atoms with Gasteiger partial charge in [0.2, 0.25) is 0 Å². The van der Waals surface area contributed by atoms with Gasteiger partial charge in [0.05, 0.1) is 0 Å². The third-order valence-electron chi connectivity index (χ3n) is 4.41. The van der Waals surface area contributed by atoms with Gasteiger partial charge in [-0.1, -0.05) is 37.3 Å². The summed E-state index contributed by atoms with van der Waals surface area (Å²) < 4.78 is 5.79. The number of primary amides is 1. The molecule has 0 spiro atoms. The molecule has 148 valence electrons. The highest BCUT2D eigenvalue weighted by atomic mass is 79.9. The molecule has 0 aliphatic carbocycles. The van der Waals surface area contributed by atoms with Crippen LogP contribution in [0.1, 0.15) is 26.3 Å². The third kappa shape index (κ3) is 7.23. The predicted molar refractivity (Wildman–Crippen MR) is 117 cm³/mol. The molecule has 0 atom stereocenters. The number of amides is 2. The number of halogens is 1. The van der Waals surface area contributed by atoms with Crippen LogP contribution in [0, 0.1) is 0 Å². The molecule has 0 aliphatic rings. The van der Waals surface area contributed by atoms with Crippen LogP contribution in [0.3, 0.4) is 0 Å². The highest BCUT2D eigenvalue weighted by molar-refractivity contribution is 8.93. The summed E-state index contributed by atoms with van der Waals surface area (Å²) in [4.78, 5) is 15.8. The van der Waals surface area contributed by atoms with E-state index < -0.39 is 6.03 Å². The normalized spacial score (nSPS) is 10.6. The van der Waals surface area contributed by atoms with Crippen LogP contribution in [0.4, 0.5) is 10.5 Å². The molecule has 6 heteroatoms. The molecular weight excluding hydrogens is 406 g/mol. The van der Waals surface area contributed by atoms with E-state index >= 15 is 0 Å². The van der Waals surface area contributed by atoms with E-state index in [9.17, 15) is 4.79 Å². The van der Waals surface area contributed by atoms with Crippen LogP contribution in [-0.4, -0.2) is 36.6 Å². The van der Waals surface area contributed by atoms with Gasteiger partial charge in [-0.15, -0.1) is 17.0 Å². The van der Waals surface area contributed by atoms with Gasteiger partial charge in [0.15, 0.2) is 0 Å². The fourth-order valence-corrected chi connectivity index (χ4v) is 2.84. The maximum Gasteiger partial charge on any atom is 0.319 e. The molecule has 0 heterocycles. The van der Waals surface area contributed by atoms with E-state index in [4.69, 9.17) is 10.5 Å². The number of ether oxygens (including phenoxy) is 1. The van der Waals surface area contributed by atoms with Crippen molar-refractivity contribution in [2.75, 3.05) is 24.5 Å². The molecule has 0 saturated carbocycles. The average molecular weight is 436 g/mol. The fraction of sp³-hybridized carbons (Fsp3) is 0.381. The lowest BCUT2D eigenvalue weighted by molar-refractivity contribution is 0.233. The van der Waals surface area contributed by atoms with E-state index in [1.54, 1.807) is 4.90 Å². The number of likely N-dealkylation sites (N-methyl/N-ethyl adjacent to an activating group) is 1. The van der Waals surface area contributed by atoms with Crippen LogP contribution < -0.4 is 15.4 Å². The van der Waals surface area contributed by atoms with Gasteiger partial charge in [-0.05, 0) is 50.2 Å². The average Bonchev–Trinajstić information content (AvgIpc) is 2.64. The number of nitrogens with zero attached hydrogens (tertiary/aromatic N) is 2. The lowest BCUT2D eigenvalue weighted by atomic mass is 10.2. The fourth-order valence-electron chi connectivity index (χ4n) is 2.84. The summed E-state index contributed by atoms with van der Waals surface area (Å²) in [7, 11) is 0. The summed E-state index contributed by atoms with van der Waals surface area (Å²) in [5.41, 5.74) is 7.48. The predicted octanol–water partition coefficient (Wildman–Crippen LogP) is 4.46. The lowest BCUT2D eigenvalue weighted by Gasteiger charge is -2.28. The largest absolute Gasteiger partial charge is 0.489 e. The highest BCUT2D eigenvalue weighted by Gasteiger charge is 2.15. The van der Waals surface area contributed by atoms with Gasteiger partial charge >= 0.3 is 6.03 Å². The third-order valence-corrected chi connectivity index (χ3v) is 4.41. The summed E-state index contributed by atoms with van der Waals surface area (Å²) in [6.07, 6.45) is 0. The molecule has 0 bridgehead atoms. The maximum absolute atomic E-state index is 11.9. The monoisotopic (exact) mass is 435 g/mol. The van der Waals surface area contributed by atoms with Crippen molar-refractivity contribution in [3.63, 3.8) is 0 Å². The Hall–Kier alpha value is -2.05. The second kappa shape index (κ2) is 11.6. The van der Waals surface area contributed by atoms with Gasteiger partial charge in [-0.25, -0.2) is 4.79 Å².